The minimum atomic E-state index is -0.879. The molecule has 130 valence electrons. The lowest BCUT2D eigenvalue weighted by Crippen LogP contribution is -2.58. The minimum absolute atomic E-state index is 0.0877. The number of fused-ring (bicyclic) bond motifs is 3. The van der Waals surface area contributed by atoms with Crippen molar-refractivity contribution in [1.82, 2.24) is 9.80 Å². The zero-order chi connectivity index (χ0) is 17.6. The fourth-order valence-corrected chi connectivity index (χ4v) is 4.08. The van der Waals surface area contributed by atoms with Crippen LogP contribution >= 0.6 is 0 Å². The summed E-state index contributed by atoms with van der Waals surface area (Å²) < 4.78 is 11.2. The van der Waals surface area contributed by atoms with Crippen LogP contribution in [0.5, 0.6) is 0 Å². The number of likely N-dealkylation sites (tertiary alicyclic amines) is 1. The van der Waals surface area contributed by atoms with Crippen LogP contribution in [0.3, 0.4) is 0 Å². The third-order valence-corrected chi connectivity index (χ3v) is 4.86. The van der Waals surface area contributed by atoms with E-state index in [4.69, 9.17) is 9.47 Å². The van der Waals surface area contributed by atoms with Crippen molar-refractivity contribution in [2.75, 3.05) is 19.7 Å². The second-order valence-corrected chi connectivity index (χ2v) is 6.60. The normalized spacial score (nSPS) is 34.8. The van der Waals surface area contributed by atoms with Gasteiger partial charge in [-0.15, -0.1) is 0 Å². The number of ether oxygens (including phenoxy) is 2. The smallest absolute Gasteiger partial charge is 0.410 e. The highest BCUT2D eigenvalue weighted by atomic mass is 16.6. The van der Waals surface area contributed by atoms with Crippen molar-refractivity contribution in [3.05, 3.63) is 24.3 Å². The molecule has 4 atom stereocenters. The molecular formula is C17H22N2O5. The molecular weight excluding hydrogens is 312 g/mol. The van der Waals surface area contributed by atoms with Gasteiger partial charge in [0.05, 0.1) is 12.0 Å². The molecule has 0 unspecified atom stereocenters. The number of amides is 3. The Morgan fingerprint density at radius 2 is 2.21 bits per heavy atom. The highest BCUT2D eigenvalue weighted by molar-refractivity contribution is 6.07. The summed E-state index contributed by atoms with van der Waals surface area (Å²) in [5, 5.41) is 0. The van der Waals surface area contributed by atoms with Crippen LogP contribution in [0, 0.1) is 5.92 Å². The topological polar surface area (TPSA) is 76.2 Å². The van der Waals surface area contributed by atoms with Crippen molar-refractivity contribution >= 4 is 17.9 Å². The van der Waals surface area contributed by atoms with Gasteiger partial charge in [-0.05, 0) is 20.8 Å². The fraction of sp³-hybridized carbons (Fsp3) is 0.588. The molecule has 24 heavy (non-hydrogen) atoms. The molecule has 3 amide bonds. The average molecular weight is 334 g/mol. The molecule has 3 rings (SSSR count). The van der Waals surface area contributed by atoms with Crippen LogP contribution in [0.25, 0.3) is 0 Å². The molecule has 0 bridgehead atoms. The lowest BCUT2D eigenvalue weighted by molar-refractivity contribution is -0.146. The molecule has 3 heterocycles. The molecule has 0 aromatic carbocycles. The highest BCUT2D eigenvalue weighted by Gasteiger charge is 2.66. The third-order valence-electron chi connectivity index (χ3n) is 4.86. The molecule has 0 radical (unpaired) electrons. The molecule has 2 saturated heterocycles. The summed E-state index contributed by atoms with van der Waals surface area (Å²) in [6.07, 6.45) is 2.02. The number of carbonyl (C=O) groups excluding carboxylic acids is 3. The van der Waals surface area contributed by atoms with Crippen molar-refractivity contribution in [3.8, 4) is 0 Å². The van der Waals surface area contributed by atoms with E-state index < -0.39 is 29.8 Å². The maximum absolute atomic E-state index is 12.7. The average Bonchev–Trinajstić information content (AvgIpc) is 2.95. The van der Waals surface area contributed by atoms with Crippen molar-refractivity contribution in [3.63, 3.8) is 0 Å². The van der Waals surface area contributed by atoms with Gasteiger partial charge in [-0.3, -0.25) is 19.4 Å². The van der Waals surface area contributed by atoms with Crippen LogP contribution < -0.4 is 0 Å². The standard InChI is InChI=1S/C17H22N2O5/c1-5-7-23-16(22)19-9-10(3)8-17(4)13(19)11-12(24-17)15(21)18(6-2)14(11)20/h5,8,11-13H,1,6-7,9H2,2-4H3/t11-,12-,13-,17-/m0/s1. The summed E-state index contributed by atoms with van der Waals surface area (Å²) in [5.74, 6) is -1.30. The van der Waals surface area contributed by atoms with E-state index in [0.29, 0.717) is 13.1 Å². The Hall–Kier alpha value is -2.15. The largest absolute Gasteiger partial charge is 0.445 e. The van der Waals surface area contributed by atoms with Gasteiger partial charge in [-0.2, -0.15) is 0 Å². The summed E-state index contributed by atoms with van der Waals surface area (Å²) in [4.78, 5) is 40.3. The van der Waals surface area contributed by atoms with E-state index in [-0.39, 0.29) is 18.4 Å². The van der Waals surface area contributed by atoms with E-state index in [1.54, 1.807) is 6.92 Å². The number of hydrogen-bond donors (Lipinski definition) is 0. The van der Waals surface area contributed by atoms with Crippen molar-refractivity contribution in [1.29, 1.82) is 0 Å². The van der Waals surface area contributed by atoms with Gasteiger partial charge in [-0.1, -0.05) is 24.3 Å². The van der Waals surface area contributed by atoms with Gasteiger partial charge in [-0.25, -0.2) is 4.79 Å². The zero-order valence-corrected chi connectivity index (χ0v) is 14.2. The zero-order valence-electron chi connectivity index (χ0n) is 14.2. The van der Waals surface area contributed by atoms with E-state index >= 15 is 0 Å². The Balaban J connectivity index is 1.99. The van der Waals surface area contributed by atoms with Gasteiger partial charge in [0.1, 0.15) is 12.2 Å². The van der Waals surface area contributed by atoms with Gasteiger partial charge in [0.15, 0.2) is 6.10 Å². The predicted molar refractivity (Wildman–Crippen MR) is 85.0 cm³/mol. The third kappa shape index (κ3) is 2.26. The number of hydrogen-bond acceptors (Lipinski definition) is 5. The molecule has 7 nitrogen and oxygen atoms in total. The van der Waals surface area contributed by atoms with E-state index in [2.05, 4.69) is 6.58 Å². The van der Waals surface area contributed by atoms with Gasteiger partial charge in [0.25, 0.3) is 5.91 Å². The highest BCUT2D eigenvalue weighted by Crippen LogP contribution is 2.47. The second-order valence-electron chi connectivity index (χ2n) is 6.60. The van der Waals surface area contributed by atoms with E-state index in [0.717, 1.165) is 5.57 Å². The summed E-state index contributed by atoms with van der Waals surface area (Å²) in [7, 11) is 0. The first kappa shape index (κ1) is 16.7. The molecule has 0 aromatic heterocycles. The van der Waals surface area contributed by atoms with Crippen LogP contribution in [-0.4, -0.2) is 65.2 Å². The Bertz CT molecular complexity index is 643. The molecule has 3 aliphatic heterocycles. The minimum Gasteiger partial charge on any atom is -0.445 e. The molecule has 0 aromatic rings. The van der Waals surface area contributed by atoms with Gasteiger partial charge in [0, 0.05) is 13.1 Å². The molecule has 0 spiro atoms. The second kappa shape index (κ2) is 5.73. The van der Waals surface area contributed by atoms with Crippen LogP contribution in [0.1, 0.15) is 20.8 Å². The van der Waals surface area contributed by atoms with Crippen molar-refractivity contribution in [2.45, 2.75) is 38.5 Å². The maximum atomic E-state index is 12.7. The number of nitrogens with zero attached hydrogens (tertiary/aromatic N) is 2. The first-order valence-corrected chi connectivity index (χ1v) is 8.09. The van der Waals surface area contributed by atoms with Gasteiger partial charge < -0.3 is 9.47 Å². The number of imide groups is 1. The number of rotatable bonds is 3. The lowest BCUT2D eigenvalue weighted by atomic mass is 9.82. The predicted octanol–water partition coefficient (Wildman–Crippen LogP) is 1.10. The first-order valence-electron chi connectivity index (χ1n) is 8.09. The van der Waals surface area contributed by atoms with Gasteiger partial charge in [0.2, 0.25) is 5.91 Å². The molecule has 0 aliphatic carbocycles. The molecule has 2 fully saturated rings. The molecule has 3 aliphatic rings. The Morgan fingerprint density at radius 3 is 2.83 bits per heavy atom. The summed E-state index contributed by atoms with van der Waals surface area (Å²) in [6, 6.07) is -0.559. The lowest BCUT2D eigenvalue weighted by Gasteiger charge is -2.42. The van der Waals surface area contributed by atoms with Crippen molar-refractivity contribution in [2.24, 2.45) is 5.92 Å². The van der Waals surface area contributed by atoms with E-state index in [1.807, 2.05) is 19.9 Å². The summed E-state index contributed by atoms with van der Waals surface area (Å²) in [5.41, 5.74) is 0.0484. The SMILES string of the molecule is C=CCOC(=O)N1CC(C)=C[C@]2(C)O[C@@H]3C(=O)N(CC)C(=O)[C@@H]3[C@H]12. The van der Waals surface area contributed by atoms with E-state index in [9.17, 15) is 14.4 Å². The fourth-order valence-electron chi connectivity index (χ4n) is 4.08. The quantitative estimate of drug-likeness (QED) is 0.571. The first-order chi connectivity index (χ1) is 11.3. The molecule has 0 saturated carbocycles. The van der Waals surface area contributed by atoms with Crippen LogP contribution in [0.15, 0.2) is 24.3 Å². The maximum Gasteiger partial charge on any atom is 0.410 e. The van der Waals surface area contributed by atoms with Crippen LogP contribution in [0.4, 0.5) is 4.79 Å². The van der Waals surface area contributed by atoms with Crippen molar-refractivity contribution < 1.29 is 23.9 Å². The number of likely N-dealkylation sites (N-methyl/N-ethyl adjacent to an activating group) is 1. The van der Waals surface area contributed by atoms with E-state index in [1.165, 1.54) is 15.9 Å². The number of carbonyl (C=O) groups is 3. The van der Waals surface area contributed by atoms with Crippen LogP contribution in [0.2, 0.25) is 0 Å². The Labute approximate surface area is 140 Å². The Morgan fingerprint density at radius 1 is 1.50 bits per heavy atom. The molecule has 0 N–H and O–H groups in total. The molecule has 7 heteroatoms. The van der Waals surface area contributed by atoms with Crippen LogP contribution in [-0.2, 0) is 19.1 Å². The summed E-state index contributed by atoms with van der Waals surface area (Å²) in [6.45, 7) is 9.70. The monoisotopic (exact) mass is 334 g/mol. The summed E-state index contributed by atoms with van der Waals surface area (Å²) >= 11 is 0. The van der Waals surface area contributed by atoms with Gasteiger partial charge >= 0.3 is 6.09 Å². The Kier molecular flexibility index (Phi) is 3.99.